The van der Waals surface area contributed by atoms with E-state index in [-0.39, 0.29) is 23.6 Å². The summed E-state index contributed by atoms with van der Waals surface area (Å²) in [5.41, 5.74) is -4.62. The van der Waals surface area contributed by atoms with Gasteiger partial charge in [-0.3, -0.25) is 9.59 Å². The van der Waals surface area contributed by atoms with E-state index in [0.29, 0.717) is 12.1 Å². The van der Waals surface area contributed by atoms with Gasteiger partial charge in [-0.15, -0.1) is 0 Å². The number of benzene rings is 2. The number of hydrogen-bond donors (Lipinski definition) is 2. The summed E-state index contributed by atoms with van der Waals surface area (Å²) in [7, 11) is 0. The molecule has 2 rings (SSSR count). The van der Waals surface area contributed by atoms with Crippen LogP contribution in [0.3, 0.4) is 0 Å². The molecule has 1 unspecified atom stereocenters. The van der Waals surface area contributed by atoms with Crippen LogP contribution in [0, 0.1) is 0 Å². The van der Waals surface area contributed by atoms with Crippen molar-refractivity contribution in [1.82, 2.24) is 10.6 Å². The summed E-state index contributed by atoms with van der Waals surface area (Å²) in [4.78, 5) is 24.5. The number of rotatable bonds is 8. The Kier molecular flexibility index (Phi) is 11.0. The molecule has 17 heteroatoms. The van der Waals surface area contributed by atoms with Crippen molar-refractivity contribution in [2.24, 2.45) is 0 Å². The van der Waals surface area contributed by atoms with Crippen molar-refractivity contribution in [2.45, 2.75) is 43.8 Å². The lowest BCUT2D eigenvalue weighted by Gasteiger charge is -2.20. The minimum absolute atomic E-state index is 0.0246. The highest BCUT2D eigenvalue weighted by Crippen LogP contribution is 2.42. The molecule has 0 fully saturated rings. The highest BCUT2D eigenvalue weighted by molar-refractivity contribution is 6.48. The van der Waals surface area contributed by atoms with Crippen molar-refractivity contribution < 1.29 is 53.5 Å². The van der Waals surface area contributed by atoms with Crippen LogP contribution in [0.5, 0.6) is 0 Å². The summed E-state index contributed by atoms with van der Waals surface area (Å²) in [5, 5.41) is 2.26. The first-order valence-corrected chi connectivity index (χ1v) is 12.2. The van der Waals surface area contributed by atoms with Crippen LogP contribution in [0.1, 0.15) is 46.3 Å². The summed E-state index contributed by atoms with van der Waals surface area (Å²) < 4.78 is 135. The first-order chi connectivity index (χ1) is 18.7. The maximum atomic E-state index is 15.0. The average molecular weight is 662 g/mol. The Labute approximate surface area is 240 Å². The van der Waals surface area contributed by atoms with Gasteiger partial charge in [0.2, 0.25) is 5.91 Å². The molecule has 0 radical (unpaired) electrons. The topological polar surface area (TPSA) is 58.2 Å². The van der Waals surface area contributed by atoms with E-state index in [2.05, 4.69) is 0 Å². The summed E-state index contributed by atoms with van der Waals surface area (Å²) in [6.07, 6.45) is -15.6. The lowest BCUT2D eigenvalue weighted by atomic mass is 9.95. The average Bonchev–Trinajstić information content (AvgIpc) is 2.84. The Balaban J connectivity index is 2.48. The molecule has 4 nitrogen and oxygen atoms in total. The second-order valence-electron chi connectivity index (χ2n) is 8.36. The fourth-order valence-electron chi connectivity index (χ4n) is 3.40. The lowest BCUT2D eigenvalue weighted by molar-refractivity contribution is -0.140. The van der Waals surface area contributed by atoms with Crippen molar-refractivity contribution in [3.8, 4) is 0 Å². The molecule has 0 aromatic heterocycles. The molecule has 41 heavy (non-hydrogen) atoms. The number of carbonyl (C=O) groups excluding carboxylic acids is 2. The maximum absolute atomic E-state index is 15.0. The molecule has 0 bridgehead atoms. The van der Waals surface area contributed by atoms with Gasteiger partial charge >= 0.3 is 18.5 Å². The normalized spacial score (nSPS) is 14.4. The van der Waals surface area contributed by atoms with Crippen LogP contribution < -0.4 is 10.6 Å². The predicted molar refractivity (Wildman–Crippen MR) is 131 cm³/mol. The van der Waals surface area contributed by atoms with Crippen LogP contribution in [0.15, 0.2) is 36.4 Å². The van der Waals surface area contributed by atoms with Gasteiger partial charge in [0, 0.05) is 5.56 Å². The van der Waals surface area contributed by atoms with Gasteiger partial charge in [0.1, 0.15) is 24.3 Å². The van der Waals surface area contributed by atoms with Crippen molar-refractivity contribution >= 4 is 52.4 Å². The van der Waals surface area contributed by atoms with E-state index in [9.17, 15) is 53.5 Å². The number of amides is 2. The molecule has 0 spiro atoms. The van der Waals surface area contributed by atoms with Gasteiger partial charge in [-0.2, -0.15) is 39.5 Å². The van der Waals surface area contributed by atoms with Gasteiger partial charge in [0.25, 0.3) is 5.91 Å². The van der Waals surface area contributed by atoms with Crippen LogP contribution in [0.25, 0.3) is 5.83 Å². The molecule has 0 saturated heterocycles. The quantitative estimate of drug-likeness (QED) is 0.220. The third kappa shape index (κ3) is 9.40. The number of halogens is 13. The fourth-order valence-corrected chi connectivity index (χ4v) is 4.01. The molecular formula is C24H17Cl3F10N2O2. The van der Waals surface area contributed by atoms with Crippen LogP contribution in [-0.2, 0) is 11.0 Å². The molecule has 226 valence electrons. The van der Waals surface area contributed by atoms with Crippen LogP contribution in [0.2, 0.25) is 15.1 Å². The molecule has 2 amide bonds. The lowest BCUT2D eigenvalue weighted by Crippen LogP contribution is -2.48. The standard InChI is InChI=1S/C24H17Cl3F10N2O2/c1-2-18(21(41)38-9-22(29,30)31)39-20(40)12-4-3-10(5-14(12)24(35,36)37)17(28)8-13(23(32,33)34)11-6-15(25)19(27)16(26)7-11/h3-8,13,18H,2,9H2,1H3,(H,38,41)(H,39,40)/b17-8-/t13?,18-/m1/s1. The van der Waals surface area contributed by atoms with Gasteiger partial charge < -0.3 is 10.6 Å². The minimum Gasteiger partial charge on any atom is -0.345 e. The first-order valence-electron chi connectivity index (χ1n) is 11.1. The van der Waals surface area contributed by atoms with E-state index in [1.54, 1.807) is 0 Å². The largest absolute Gasteiger partial charge is 0.417 e. The van der Waals surface area contributed by atoms with Gasteiger partial charge in [-0.05, 0) is 42.3 Å². The summed E-state index contributed by atoms with van der Waals surface area (Å²) >= 11 is 17.2. The monoisotopic (exact) mass is 660 g/mol. The summed E-state index contributed by atoms with van der Waals surface area (Å²) in [6.45, 7) is -0.510. The molecule has 0 saturated carbocycles. The van der Waals surface area contributed by atoms with Crippen LogP contribution >= 0.6 is 34.8 Å². The fraction of sp³-hybridized carbons (Fsp3) is 0.333. The Hall–Kier alpha value is -2.71. The van der Waals surface area contributed by atoms with Gasteiger partial charge in [-0.1, -0.05) is 47.8 Å². The van der Waals surface area contributed by atoms with E-state index in [1.807, 2.05) is 5.32 Å². The first kappa shape index (κ1) is 34.5. The van der Waals surface area contributed by atoms with Crippen molar-refractivity contribution in [3.05, 3.63) is 73.7 Å². The van der Waals surface area contributed by atoms with Crippen molar-refractivity contribution in [1.29, 1.82) is 0 Å². The van der Waals surface area contributed by atoms with Crippen molar-refractivity contribution in [2.75, 3.05) is 6.54 Å². The van der Waals surface area contributed by atoms with Gasteiger partial charge in [0.15, 0.2) is 0 Å². The zero-order chi connectivity index (χ0) is 31.5. The summed E-state index contributed by atoms with van der Waals surface area (Å²) in [6, 6.07) is 0.923. The molecule has 2 N–H and O–H groups in total. The number of allylic oxidation sites excluding steroid dienone is 1. The van der Waals surface area contributed by atoms with Gasteiger partial charge in [0.05, 0.1) is 26.2 Å². The molecule has 2 aromatic carbocycles. The number of alkyl halides is 9. The summed E-state index contributed by atoms with van der Waals surface area (Å²) in [5.74, 6) is -7.38. The Morgan fingerprint density at radius 2 is 1.49 bits per heavy atom. The molecule has 0 aliphatic rings. The third-order valence-corrected chi connectivity index (χ3v) is 6.57. The molecule has 2 atom stereocenters. The Bertz CT molecular complexity index is 1300. The van der Waals surface area contributed by atoms with E-state index in [1.165, 1.54) is 12.2 Å². The predicted octanol–water partition coefficient (Wildman–Crippen LogP) is 8.51. The van der Waals surface area contributed by atoms with Crippen molar-refractivity contribution in [3.63, 3.8) is 0 Å². The SMILES string of the molecule is CC[C@@H](NC(=O)c1ccc(/C(F)=C/C(c2cc(Cl)c(Cl)c(Cl)c2)C(F)(F)F)cc1C(F)(F)F)C(=O)NCC(F)(F)F. The van der Waals surface area contributed by atoms with E-state index < -0.39 is 87.0 Å². The third-order valence-electron chi connectivity index (χ3n) is 5.37. The smallest absolute Gasteiger partial charge is 0.345 e. The molecule has 0 aliphatic heterocycles. The zero-order valence-corrected chi connectivity index (χ0v) is 22.5. The van der Waals surface area contributed by atoms with Crippen LogP contribution in [-0.4, -0.2) is 36.8 Å². The number of nitrogens with one attached hydrogen (secondary N) is 2. The van der Waals surface area contributed by atoms with E-state index in [4.69, 9.17) is 34.8 Å². The molecule has 0 heterocycles. The van der Waals surface area contributed by atoms with Crippen LogP contribution in [0.4, 0.5) is 43.9 Å². The number of hydrogen-bond acceptors (Lipinski definition) is 2. The molecule has 2 aromatic rings. The molecule has 0 aliphatic carbocycles. The maximum Gasteiger partial charge on any atom is 0.417 e. The zero-order valence-electron chi connectivity index (χ0n) is 20.3. The van der Waals surface area contributed by atoms with E-state index >= 15 is 0 Å². The second kappa shape index (κ2) is 13.1. The van der Waals surface area contributed by atoms with Gasteiger partial charge in [-0.25, -0.2) is 4.39 Å². The molecular weight excluding hydrogens is 645 g/mol. The Morgan fingerprint density at radius 1 is 0.927 bits per heavy atom. The second-order valence-corrected chi connectivity index (χ2v) is 9.55. The Morgan fingerprint density at radius 3 is 1.95 bits per heavy atom. The highest BCUT2D eigenvalue weighted by atomic mass is 35.5. The number of carbonyl (C=O) groups is 2. The highest BCUT2D eigenvalue weighted by Gasteiger charge is 2.41. The minimum atomic E-state index is -5.34. The van der Waals surface area contributed by atoms with E-state index in [0.717, 1.165) is 12.1 Å².